The maximum atomic E-state index is 14.4. The summed E-state index contributed by atoms with van der Waals surface area (Å²) in [5.41, 5.74) is -2.18. The first-order chi connectivity index (χ1) is 8.95. The van der Waals surface area contributed by atoms with Gasteiger partial charge in [0.15, 0.2) is 0 Å². The van der Waals surface area contributed by atoms with Gasteiger partial charge in [0.25, 0.3) is 5.92 Å². The molecule has 20 heavy (non-hydrogen) atoms. The predicted molar refractivity (Wildman–Crippen MR) is 71.7 cm³/mol. The van der Waals surface area contributed by atoms with Crippen LogP contribution in [0.1, 0.15) is 41.0 Å². The number of hydrogen-bond acceptors (Lipinski definition) is 3. The Morgan fingerprint density at radius 3 is 2.30 bits per heavy atom. The Hall–Kier alpha value is -0.910. The Bertz CT molecular complexity index is 366. The molecular formula is C14H25F2NO3. The van der Waals surface area contributed by atoms with Crippen LogP contribution in [0, 0.1) is 11.3 Å². The van der Waals surface area contributed by atoms with Crippen LogP contribution in [0.25, 0.3) is 0 Å². The molecule has 1 fully saturated rings. The highest BCUT2D eigenvalue weighted by atomic mass is 19.3. The number of carbonyl (C=O) groups excluding carboxylic acids is 1. The van der Waals surface area contributed by atoms with Crippen LogP contribution in [-0.4, -0.2) is 47.3 Å². The highest BCUT2D eigenvalue weighted by Gasteiger charge is 2.59. The van der Waals surface area contributed by atoms with E-state index in [2.05, 4.69) is 0 Å². The Morgan fingerprint density at radius 1 is 1.40 bits per heavy atom. The summed E-state index contributed by atoms with van der Waals surface area (Å²) in [5.74, 6) is -3.51. The van der Waals surface area contributed by atoms with Gasteiger partial charge in [-0.2, -0.15) is 0 Å². The summed E-state index contributed by atoms with van der Waals surface area (Å²) in [5, 5.41) is 9.44. The molecule has 1 unspecified atom stereocenters. The van der Waals surface area contributed by atoms with Gasteiger partial charge in [0.1, 0.15) is 5.60 Å². The molecule has 1 aliphatic heterocycles. The number of nitrogens with zero attached hydrogens (tertiary/aromatic N) is 1. The van der Waals surface area contributed by atoms with Gasteiger partial charge < -0.3 is 14.7 Å². The molecule has 0 saturated carbocycles. The maximum Gasteiger partial charge on any atom is 0.410 e. The molecule has 1 N–H and O–H groups in total. The quantitative estimate of drug-likeness (QED) is 0.851. The summed E-state index contributed by atoms with van der Waals surface area (Å²) in [6, 6.07) is 0. The number of hydrogen-bond donors (Lipinski definition) is 1. The number of likely N-dealkylation sites (tertiary alicyclic amines) is 1. The SMILES string of the molecule is CC(C)C1(CO)CCN(C(=O)OC(C)(C)C)CC1(F)F. The minimum absolute atomic E-state index is 0.0629. The number of alkyl halides is 2. The van der Waals surface area contributed by atoms with E-state index in [-0.39, 0.29) is 18.9 Å². The van der Waals surface area contributed by atoms with E-state index in [1.807, 2.05) is 0 Å². The molecule has 4 nitrogen and oxygen atoms in total. The number of carbonyl (C=O) groups is 1. The van der Waals surface area contributed by atoms with Crippen LogP contribution < -0.4 is 0 Å². The fourth-order valence-electron chi connectivity index (χ4n) is 2.56. The average Bonchev–Trinajstić information content (AvgIpc) is 2.25. The Labute approximate surface area is 119 Å². The van der Waals surface area contributed by atoms with Crippen LogP contribution in [-0.2, 0) is 4.74 Å². The van der Waals surface area contributed by atoms with Crippen molar-refractivity contribution >= 4 is 6.09 Å². The van der Waals surface area contributed by atoms with Gasteiger partial charge in [-0.05, 0) is 33.1 Å². The zero-order valence-electron chi connectivity index (χ0n) is 12.9. The summed E-state index contributed by atoms with van der Waals surface area (Å²) in [6.07, 6.45) is -0.666. The third-order valence-corrected chi connectivity index (χ3v) is 3.98. The Morgan fingerprint density at radius 2 is 1.95 bits per heavy atom. The number of rotatable bonds is 2. The summed E-state index contributed by atoms with van der Waals surface area (Å²) < 4.78 is 33.9. The molecule has 6 heteroatoms. The van der Waals surface area contributed by atoms with Crippen molar-refractivity contribution in [1.29, 1.82) is 0 Å². The second-order valence-corrected chi connectivity index (χ2v) is 6.83. The summed E-state index contributed by atoms with van der Waals surface area (Å²) >= 11 is 0. The van der Waals surface area contributed by atoms with Crippen LogP contribution >= 0.6 is 0 Å². The first-order valence-corrected chi connectivity index (χ1v) is 6.92. The lowest BCUT2D eigenvalue weighted by Gasteiger charge is -2.48. The van der Waals surface area contributed by atoms with Crippen LogP contribution in [0.2, 0.25) is 0 Å². The molecular weight excluding hydrogens is 268 g/mol. The molecule has 1 heterocycles. The van der Waals surface area contributed by atoms with Crippen LogP contribution in [0.4, 0.5) is 13.6 Å². The molecule has 1 saturated heterocycles. The number of ether oxygens (including phenoxy) is 1. The molecule has 1 atom stereocenters. The third-order valence-electron chi connectivity index (χ3n) is 3.98. The van der Waals surface area contributed by atoms with E-state index in [4.69, 9.17) is 4.74 Å². The van der Waals surface area contributed by atoms with Crippen molar-refractivity contribution in [2.24, 2.45) is 11.3 Å². The lowest BCUT2D eigenvalue weighted by molar-refractivity contribution is -0.200. The second kappa shape index (κ2) is 5.47. The van der Waals surface area contributed by atoms with Crippen molar-refractivity contribution < 1.29 is 23.4 Å². The van der Waals surface area contributed by atoms with Crippen molar-refractivity contribution in [3.63, 3.8) is 0 Å². The predicted octanol–water partition coefficient (Wildman–Crippen LogP) is 2.90. The first kappa shape index (κ1) is 17.1. The van der Waals surface area contributed by atoms with Gasteiger partial charge in [-0.1, -0.05) is 13.8 Å². The standard InChI is InChI=1S/C14H25F2NO3/c1-10(2)13(9-18)6-7-17(8-14(13,15)16)11(19)20-12(3,4)5/h10,18H,6-9H2,1-5H3. The Kier molecular flexibility index (Phi) is 4.69. The second-order valence-electron chi connectivity index (χ2n) is 6.83. The monoisotopic (exact) mass is 293 g/mol. The number of piperidine rings is 1. The smallest absolute Gasteiger partial charge is 0.410 e. The third kappa shape index (κ3) is 3.22. The average molecular weight is 293 g/mol. The van der Waals surface area contributed by atoms with Crippen molar-refractivity contribution in [2.45, 2.75) is 52.6 Å². The highest BCUT2D eigenvalue weighted by Crippen LogP contribution is 2.48. The first-order valence-electron chi connectivity index (χ1n) is 6.92. The summed E-state index contributed by atoms with van der Waals surface area (Å²) in [6.45, 7) is 7.31. The number of aliphatic hydroxyl groups excluding tert-OH is 1. The normalized spacial score (nSPS) is 26.8. The molecule has 0 aromatic rings. The molecule has 0 bridgehead atoms. The topological polar surface area (TPSA) is 49.8 Å². The van der Waals surface area contributed by atoms with Crippen molar-refractivity contribution in [2.75, 3.05) is 19.7 Å². The van der Waals surface area contributed by atoms with E-state index in [0.29, 0.717) is 0 Å². The lowest BCUT2D eigenvalue weighted by Crippen LogP contribution is -2.61. The van der Waals surface area contributed by atoms with E-state index < -0.39 is 36.2 Å². The molecule has 0 aromatic carbocycles. The van der Waals surface area contributed by atoms with E-state index in [0.717, 1.165) is 4.90 Å². The molecule has 0 aliphatic carbocycles. The van der Waals surface area contributed by atoms with E-state index in [1.54, 1.807) is 34.6 Å². The minimum atomic E-state index is -3.13. The molecule has 0 radical (unpaired) electrons. The molecule has 1 aliphatic rings. The zero-order chi connectivity index (χ0) is 15.8. The molecule has 118 valence electrons. The van der Waals surface area contributed by atoms with E-state index in [9.17, 15) is 18.7 Å². The van der Waals surface area contributed by atoms with Gasteiger partial charge in [-0.25, -0.2) is 13.6 Å². The van der Waals surface area contributed by atoms with Gasteiger partial charge in [0.05, 0.1) is 18.6 Å². The van der Waals surface area contributed by atoms with Crippen LogP contribution in [0.15, 0.2) is 0 Å². The number of amides is 1. The number of aliphatic hydroxyl groups is 1. The lowest BCUT2D eigenvalue weighted by atomic mass is 9.68. The molecule has 1 amide bonds. The van der Waals surface area contributed by atoms with Gasteiger partial charge in [0, 0.05) is 6.54 Å². The molecule has 0 aromatic heterocycles. The van der Waals surface area contributed by atoms with Gasteiger partial charge >= 0.3 is 6.09 Å². The van der Waals surface area contributed by atoms with Crippen LogP contribution in [0.3, 0.4) is 0 Å². The van der Waals surface area contributed by atoms with Gasteiger partial charge in [0.2, 0.25) is 0 Å². The fourth-order valence-corrected chi connectivity index (χ4v) is 2.56. The van der Waals surface area contributed by atoms with Crippen LogP contribution in [0.5, 0.6) is 0 Å². The summed E-state index contributed by atoms with van der Waals surface area (Å²) in [4.78, 5) is 12.9. The highest BCUT2D eigenvalue weighted by molar-refractivity contribution is 5.68. The maximum absolute atomic E-state index is 14.4. The largest absolute Gasteiger partial charge is 0.444 e. The Balaban J connectivity index is 2.86. The van der Waals surface area contributed by atoms with Crippen molar-refractivity contribution in [3.8, 4) is 0 Å². The van der Waals surface area contributed by atoms with Gasteiger partial charge in [-0.15, -0.1) is 0 Å². The molecule has 1 rings (SSSR count). The van der Waals surface area contributed by atoms with Crippen molar-refractivity contribution in [1.82, 2.24) is 4.90 Å². The van der Waals surface area contributed by atoms with Crippen molar-refractivity contribution in [3.05, 3.63) is 0 Å². The van der Waals surface area contributed by atoms with E-state index >= 15 is 0 Å². The van der Waals surface area contributed by atoms with Gasteiger partial charge in [-0.3, -0.25) is 0 Å². The van der Waals surface area contributed by atoms with E-state index in [1.165, 1.54) is 0 Å². The number of halogens is 2. The summed E-state index contributed by atoms with van der Waals surface area (Å²) in [7, 11) is 0. The zero-order valence-corrected chi connectivity index (χ0v) is 12.9. The molecule has 0 spiro atoms. The fraction of sp³-hybridized carbons (Fsp3) is 0.929. The minimum Gasteiger partial charge on any atom is -0.444 e.